The van der Waals surface area contributed by atoms with Crippen molar-refractivity contribution in [3.63, 3.8) is 0 Å². The van der Waals surface area contributed by atoms with Crippen LogP contribution in [0.1, 0.15) is 13.3 Å². The third-order valence-electron chi connectivity index (χ3n) is 3.69. The smallest absolute Gasteiger partial charge is 0.261 e. The van der Waals surface area contributed by atoms with Gasteiger partial charge in [0.25, 0.3) is 11.3 Å². The van der Waals surface area contributed by atoms with Crippen molar-refractivity contribution < 1.29 is 0 Å². The molecule has 0 spiro atoms. The van der Waals surface area contributed by atoms with Crippen LogP contribution in [0.2, 0.25) is 0 Å². The molecule has 0 unspecified atom stereocenters. The van der Waals surface area contributed by atoms with Gasteiger partial charge in [0.1, 0.15) is 0 Å². The van der Waals surface area contributed by atoms with Gasteiger partial charge in [0, 0.05) is 36.9 Å². The Morgan fingerprint density at radius 3 is 2.91 bits per heavy atom. The molecule has 4 aromatic heterocycles. The standard InChI is InChI=1S/C16H14N6O/c1-2-7-21-8-5-13-12(15(21)23)10-18-16-19-14(20-22(13)16)11-4-3-6-17-9-11/h3-6,8-10H,2,7H2,1H3. The van der Waals surface area contributed by atoms with Crippen LogP contribution in [0.3, 0.4) is 0 Å². The van der Waals surface area contributed by atoms with Gasteiger partial charge in [0.15, 0.2) is 5.82 Å². The molecule has 4 rings (SSSR count). The van der Waals surface area contributed by atoms with Gasteiger partial charge in [-0.3, -0.25) is 9.78 Å². The van der Waals surface area contributed by atoms with Crippen molar-refractivity contribution in [1.29, 1.82) is 0 Å². The molecule has 0 saturated heterocycles. The van der Waals surface area contributed by atoms with Crippen LogP contribution in [0.15, 0.2) is 47.8 Å². The van der Waals surface area contributed by atoms with Crippen molar-refractivity contribution in [2.45, 2.75) is 19.9 Å². The summed E-state index contributed by atoms with van der Waals surface area (Å²) >= 11 is 0. The molecule has 0 N–H and O–H groups in total. The van der Waals surface area contributed by atoms with Crippen LogP contribution in [0.4, 0.5) is 0 Å². The van der Waals surface area contributed by atoms with E-state index < -0.39 is 0 Å². The summed E-state index contributed by atoms with van der Waals surface area (Å²) in [5.41, 5.74) is 1.46. The molecule has 7 heteroatoms. The maximum absolute atomic E-state index is 12.5. The molecule has 0 bridgehead atoms. The summed E-state index contributed by atoms with van der Waals surface area (Å²) < 4.78 is 3.30. The first-order valence-corrected chi connectivity index (χ1v) is 7.43. The fourth-order valence-corrected chi connectivity index (χ4v) is 2.59. The Labute approximate surface area is 131 Å². The van der Waals surface area contributed by atoms with Crippen molar-refractivity contribution in [3.8, 4) is 11.4 Å². The molecule has 0 amide bonds. The monoisotopic (exact) mass is 306 g/mol. The highest BCUT2D eigenvalue weighted by Crippen LogP contribution is 2.16. The van der Waals surface area contributed by atoms with Crippen molar-refractivity contribution in [1.82, 2.24) is 29.1 Å². The summed E-state index contributed by atoms with van der Waals surface area (Å²) in [4.78, 5) is 25.3. The lowest BCUT2D eigenvalue weighted by Gasteiger charge is -2.05. The zero-order valence-electron chi connectivity index (χ0n) is 12.5. The summed E-state index contributed by atoms with van der Waals surface area (Å²) in [5.74, 6) is 1.000. The first-order valence-electron chi connectivity index (χ1n) is 7.43. The lowest BCUT2D eigenvalue weighted by molar-refractivity contribution is 0.658. The third-order valence-corrected chi connectivity index (χ3v) is 3.69. The fraction of sp³-hybridized carbons (Fsp3) is 0.188. The predicted octanol–water partition coefficient (Wildman–Crippen LogP) is 1.91. The van der Waals surface area contributed by atoms with Crippen LogP contribution in [0, 0.1) is 0 Å². The topological polar surface area (TPSA) is 78.0 Å². The minimum atomic E-state index is -0.0582. The number of hydrogen-bond donors (Lipinski definition) is 0. The Morgan fingerprint density at radius 1 is 1.22 bits per heavy atom. The lowest BCUT2D eigenvalue weighted by Crippen LogP contribution is -2.20. The maximum Gasteiger partial charge on any atom is 0.261 e. The summed E-state index contributed by atoms with van der Waals surface area (Å²) in [6.45, 7) is 2.72. The van der Waals surface area contributed by atoms with Crippen LogP contribution in [-0.2, 0) is 6.54 Å². The third kappa shape index (κ3) is 2.17. The zero-order valence-corrected chi connectivity index (χ0v) is 12.5. The number of pyridine rings is 2. The number of aromatic nitrogens is 6. The second kappa shape index (κ2) is 5.28. The highest BCUT2D eigenvalue weighted by Gasteiger charge is 2.12. The number of rotatable bonds is 3. The Kier molecular flexibility index (Phi) is 3.11. The van der Waals surface area contributed by atoms with E-state index in [1.165, 1.54) is 0 Å². The average Bonchev–Trinajstić information content (AvgIpc) is 3.03. The maximum atomic E-state index is 12.5. The first kappa shape index (κ1) is 13.6. The van der Waals surface area contributed by atoms with Gasteiger partial charge in [-0.15, -0.1) is 5.10 Å². The molecular formula is C16H14N6O. The molecule has 0 saturated carbocycles. The Morgan fingerprint density at radius 2 is 2.13 bits per heavy atom. The molecule has 0 aromatic carbocycles. The lowest BCUT2D eigenvalue weighted by atomic mass is 10.3. The minimum Gasteiger partial charge on any atom is -0.315 e. The van der Waals surface area contributed by atoms with E-state index in [2.05, 4.69) is 20.1 Å². The van der Waals surface area contributed by atoms with E-state index in [0.717, 1.165) is 12.0 Å². The fourth-order valence-electron chi connectivity index (χ4n) is 2.59. The van der Waals surface area contributed by atoms with E-state index in [-0.39, 0.29) is 5.56 Å². The number of hydrogen-bond acceptors (Lipinski definition) is 5. The average molecular weight is 306 g/mol. The Balaban J connectivity index is 1.97. The van der Waals surface area contributed by atoms with E-state index in [1.54, 1.807) is 33.9 Å². The van der Waals surface area contributed by atoms with Crippen molar-refractivity contribution >= 4 is 16.7 Å². The normalized spacial score (nSPS) is 11.3. The van der Waals surface area contributed by atoms with Gasteiger partial charge >= 0.3 is 0 Å². The van der Waals surface area contributed by atoms with Crippen LogP contribution in [0.25, 0.3) is 28.1 Å². The quantitative estimate of drug-likeness (QED) is 0.578. The van der Waals surface area contributed by atoms with E-state index in [4.69, 9.17) is 0 Å². The number of nitrogens with zero attached hydrogens (tertiary/aromatic N) is 6. The van der Waals surface area contributed by atoms with Crippen LogP contribution < -0.4 is 5.56 Å². The Hall–Kier alpha value is -3.09. The first-order chi connectivity index (χ1) is 11.3. The summed E-state index contributed by atoms with van der Waals surface area (Å²) in [6, 6.07) is 5.59. The van der Waals surface area contributed by atoms with E-state index in [1.807, 2.05) is 25.1 Å². The molecule has 23 heavy (non-hydrogen) atoms. The molecule has 0 atom stereocenters. The van der Waals surface area contributed by atoms with Gasteiger partial charge < -0.3 is 4.57 Å². The summed E-state index contributed by atoms with van der Waals surface area (Å²) in [6.07, 6.45) is 7.66. The van der Waals surface area contributed by atoms with Crippen molar-refractivity contribution in [2.24, 2.45) is 0 Å². The molecule has 114 valence electrons. The van der Waals surface area contributed by atoms with Gasteiger partial charge in [0.05, 0.1) is 10.9 Å². The molecule has 0 radical (unpaired) electrons. The van der Waals surface area contributed by atoms with Crippen molar-refractivity contribution in [2.75, 3.05) is 0 Å². The second-order valence-corrected chi connectivity index (χ2v) is 5.26. The number of fused-ring (bicyclic) bond motifs is 3. The van der Waals surface area contributed by atoms with Crippen LogP contribution in [0.5, 0.6) is 0 Å². The van der Waals surface area contributed by atoms with Gasteiger partial charge in [-0.25, -0.2) is 4.98 Å². The molecule has 0 aliphatic carbocycles. The van der Waals surface area contributed by atoms with Crippen molar-refractivity contribution in [3.05, 3.63) is 53.3 Å². The van der Waals surface area contributed by atoms with Gasteiger partial charge in [0.2, 0.25) is 0 Å². The second-order valence-electron chi connectivity index (χ2n) is 5.26. The molecule has 0 aliphatic rings. The molecule has 4 aromatic rings. The molecule has 4 heterocycles. The molecule has 0 fully saturated rings. The highest BCUT2D eigenvalue weighted by molar-refractivity contribution is 5.79. The van der Waals surface area contributed by atoms with Gasteiger partial charge in [-0.2, -0.15) is 9.50 Å². The molecule has 7 nitrogen and oxygen atoms in total. The summed E-state index contributed by atoms with van der Waals surface area (Å²) in [7, 11) is 0. The molecule has 0 aliphatic heterocycles. The van der Waals surface area contributed by atoms with Gasteiger partial charge in [-0.05, 0) is 24.6 Å². The van der Waals surface area contributed by atoms with E-state index in [0.29, 0.717) is 29.0 Å². The van der Waals surface area contributed by atoms with Crippen LogP contribution in [-0.4, -0.2) is 29.1 Å². The van der Waals surface area contributed by atoms with E-state index in [9.17, 15) is 4.79 Å². The van der Waals surface area contributed by atoms with Crippen LogP contribution >= 0.6 is 0 Å². The predicted molar refractivity (Wildman–Crippen MR) is 86.1 cm³/mol. The number of aryl methyl sites for hydroxylation is 1. The summed E-state index contributed by atoms with van der Waals surface area (Å²) in [5, 5.41) is 5.02. The zero-order chi connectivity index (χ0) is 15.8. The Bertz CT molecular complexity index is 1050. The SMILES string of the molecule is CCCn1ccc2c(cnc3nc(-c4cccnc4)nn32)c1=O. The minimum absolute atomic E-state index is 0.0582. The highest BCUT2D eigenvalue weighted by atomic mass is 16.1. The largest absolute Gasteiger partial charge is 0.315 e. The molecular weight excluding hydrogens is 292 g/mol. The van der Waals surface area contributed by atoms with Gasteiger partial charge in [-0.1, -0.05) is 6.92 Å². The van der Waals surface area contributed by atoms with E-state index >= 15 is 0 Å².